The number of ketones is 1. The number of hydrogen-bond acceptors (Lipinski definition) is 13. The summed E-state index contributed by atoms with van der Waals surface area (Å²) < 4.78 is 16.5. The Bertz CT molecular complexity index is 1630. The molecule has 4 unspecified atom stereocenters. The normalized spacial score (nSPS) is 17.4. The van der Waals surface area contributed by atoms with Gasteiger partial charge in [-0.1, -0.05) is 59.6 Å². The van der Waals surface area contributed by atoms with E-state index in [9.17, 15) is 39.0 Å². The molecule has 18 heteroatoms. The number of halogens is 4. The van der Waals surface area contributed by atoms with Gasteiger partial charge in [0.15, 0.2) is 0 Å². The number of unbranched alkanes of at least 4 members (excludes halogenated alkanes) is 1. The molecular formula is C56H102Cl4MgO13. The van der Waals surface area contributed by atoms with Crippen molar-refractivity contribution in [1.29, 1.82) is 0 Å². The number of carbonyl (C=O) groups is 6. The van der Waals surface area contributed by atoms with Crippen LogP contribution >= 0.6 is 46.4 Å². The van der Waals surface area contributed by atoms with E-state index >= 15 is 0 Å². The molecule has 4 atom stereocenters. The predicted molar refractivity (Wildman–Crippen MR) is 306 cm³/mol. The first-order chi connectivity index (χ1) is 33.0. The minimum absolute atomic E-state index is 0. The maximum atomic E-state index is 11.9. The molecule has 0 aromatic heterocycles. The Kier molecular flexibility index (Phi) is 44.9. The maximum absolute atomic E-state index is 11.9. The average molecular weight is 1150 g/mol. The van der Waals surface area contributed by atoms with Gasteiger partial charge in [-0.3, -0.25) is 24.0 Å². The molecule has 0 heterocycles. The molecule has 0 amide bonds. The second-order valence-electron chi connectivity index (χ2n) is 23.2. The number of aliphatic hydroxyl groups excluding tert-OH is 2. The van der Waals surface area contributed by atoms with E-state index in [1.54, 1.807) is 48.5 Å². The fraction of sp³-hybridized carbons (Fsp3) is 0.821. The number of rotatable bonds is 16. The summed E-state index contributed by atoms with van der Waals surface area (Å²) in [7, 11) is 0. The van der Waals surface area contributed by atoms with E-state index in [2.05, 4.69) is 13.2 Å². The maximum Gasteiger partial charge on any atom is 2.00 e. The Balaban J connectivity index is -0.000000154. The largest absolute Gasteiger partial charge is 2.00 e. The summed E-state index contributed by atoms with van der Waals surface area (Å²) in [5.41, 5.74) is -2.21. The molecule has 0 aromatic carbocycles. The molecule has 0 saturated heterocycles. The van der Waals surface area contributed by atoms with E-state index in [-0.39, 0.29) is 85.0 Å². The number of allylic oxidation sites excluding steroid dienone is 1. The zero-order valence-corrected chi connectivity index (χ0v) is 53.0. The van der Waals surface area contributed by atoms with E-state index < -0.39 is 39.0 Å². The summed E-state index contributed by atoms with van der Waals surface area (Å²) in [5, 5.41) is 36.7. The van der Waals surface area contributed by atoms with Gasteiger partial charge < -0.3 is 37.5 Å². The van der Waals surface area contributed by atoms with E-state index in [0.717, 1.165) is 102 Å². The summed E-state index contributed by atoms with van der Waals surface area (Å²) in [6.07, 6.45) is 14.2. The standard InChI is InChI=1S/C17H28O4.C13H24O3.C8H16O2.C5H9ClO.C5H10O2.C4H8Cl2.C4H5ClO.Mg.2H/c1-12(2)14(18)21-17(9-7-8-10-17)11-13(3)20-15(19)16(4,5)6;1-10(16-11(14)12(2,3)4)9-13(15)7-5-6-8-13;1-7(9)6-8(10)4-2-3-5-8;1-5(2,3)4(6)7;1-4(6)3-5(2)7;5-3-1-2-4-6;1-3(2)4(5)6;;;/h13H,1,7-11H2,2-6H3;10,15H,5-9H2,1-4H3;7,9-10H,2-6H2,1H3;1-3H3;4,6H,3H2,1-2H3;1-4H2;1H2,2H3;;;/q;;;;;;;+2;2*-1. The Labute approximate surface area is 486 Å². The van der Waals surface area contributed by atoms with Crippen molar-refractivity contribution in [1.82, 2.24) is 0 Å². The van der Waals surface area contributed by atoms with Gasteiger partial charge in [0, 0.05) is 54.0 Å². The van der Waals surface area contributed by atoms with Gasteiger partial charge in [0.1, 0.15) is 23.6 Å². The second kappa shape index (κ2) is 40.8. The second-order valence-corrected chi connectivity index (χ2v) is 24.7. The molecule has 3 fully saturated rings. The van der Waals surface area contributed by atoms with Crippen molar-refractivity contribution in [3.8, 4) is 0 Å². The van der Waals surface area contributed by atoms with Crippen LogP contribution in [0.5, 0.6) is 0 Å². The van der Waals surface area contributed by atoms with Crippen LogP contribution in [0, 0.1) is 16.2 Å². The van der Waals surface area contributed by atoms with Gasteiger partial charge in [0.25, 0.3) is 0 Å². The SMILES string of the molecule is C=C(C)C(=O)Cl.C=C(C)C(=O)OC1(CC(C)OC(=O)C(C)(C)C)CCCC1.CC(=O)CC(C)O.CC(C)(C)C(=O)Cl.CC(CC1(O)CCCC1)OC(=O)C(C)(C)C.CC(O)CC1(O)CCCC1.ClCCCCCl.[H-].[H-].[Mg+2]. The molecule has 0 bridgehead atoms. The van der Waals surface area contributed by atoms with Crippen LogP contribution in [0.4, 0.5) is 0 Å². The van der Waals surface area contributed by atoms with Crippen molar-refractivity contribution in [3.63, 3.8) is 0 Å². The number of ether oxygens (including phenoxy) is 3. The topological polar surface area (TPSA) is 211 Å². The van der Waals surface area contributed by atoms with Crippen LogP contribution in [0.15, 0.2) is 24.3 Å². The molecule has 3 rings (SSSR count). The van der Waals surface area contributed by atoms with Crippen LogP contribution in [0.1, 0.15) is 229 Å². The van der Waals surface area contributed by atoms with Gasteiger partial charge >= 0.3 is 41.0 Å². The number of carbonyl (C=O) groups excluding carboxylic acids is 6. The Hall–Kier alpha value is -1.33. The van der Waals surface area contributed by atoms with Crippen LogP contribution in [-0.4, -0.2) is 131 Å². The van der Waals surface area contributed by atoms with Crippen LogP contribution in [-0.2, 0) is 43.0 Å². The van der Waals surface area contributed by atoms with E-state index in [4.69, 9.17) is 70.8 Å². The summed E-state index contributed by atoms with van der Waals surface area (Å²) in [5.74, 6) is 0.747. The van der Waals surface area contributed by atoms with Gasteiger partial charge in [0.05, 0.1) is 34.2 Å². The number of hydrogen-bond donors (Lipinski definition) is 4. The first-order valence-corrected chi connectivity index (χ1v) is 27.6. The van der Waals surface area contributed by atoms with E-state index in [1.807, 2.05) is 55.4 Å². The number of aliphatic hydroxyl groups is 4. The molecule has 0 aliphatic heterocycles. The van der Waals surface area contributed by atoms with Crippen molar-refractivity contribution >= 4 is 104 Å². The predicted octanol–water partition coefficient (Wildman–Crippen LogP) is 13.1. The molecule has 4 N–H and O–H groups in total. The van der Waals surface area contributed by atoms with Crippen molar-refractivity contribution in [2.24, 2.45) is 16.2 Å². The van der Waals surface area contributed by atoms with Crippen molar-refractivity contribution in [2.75, 3.05) is 11.8 Å². The first kappa shape index (κ1) is 81.5. The third kappa shape index (κ3) is 45.7. The zero-order chi connectivity index (χ0) is 58.2. The molecule has 3 aliphatic rings. The fourth-order valence-corrected chi connectivity index (χ4v) is 7.52. The Morgan fingerprint density at radius 1 is 0.568 bits per heavy atom. The summed E-state index contributed by atoms with van der Waals surface area (Å²) in [6.45, 7) is 35.0. The molecular weight excluding hydrogens is 1050 g/mol. The number of esters is 3. The monoisotopic (exact) mass is 1150 g/mol. The first-order valence-electron chi connectivity index (χ1n) is 25.8. The summed E-state index contributed by atoms with van der Waals surface area (Å²) in [4.78, 5) is 65.6. The van der Waals surface area contributed by atoms with Gasteiger partial charge in [-0.15, -0.1) is 23.2 Å². The molecule has 434 valence electrons. The zero-order valence-electron chi connectivity index (χ0n) is 50.5. The molecule has 74 heavy (non-hydrogen) atoms. The van der Waals surface area contributed by atoms with Gasteiger partial charge in [-0.2, -0.15) is 0 Å². The quantitative estimate of drug-likeness (QED) is 0.0216. The third-order valence-electron chi connectivity index (χ3n) is 11.1. The van der Waals surface area contributed by atoms with Gasteiger partial charge in [-0.05, 0) is 177 Å². The van der Waals surface area contributed by atoms with Crippen LogP contribution in [0.3, 0.4) is 0 Å². The van der Waals surface area contributed by atoms with E-state index in [1.165, 1.54) is 6.92 Å². The average Bonchev–Trinajstić information content (AvgIpc) is 3.98. The molecule has 0 spiro atoms. The Morgan fingerprint density at radius 2 is 0.878 bits per heavy atom. The molecule has 0 aromatic rings. The summed E-state index contributed by atoms with van der Waals surface area (Å²) >= 11 is 20.6. The minimum Gasteiger partial charge on any atom is -1.00 e. The third-order valence-corrected chi connectivity index (χ3v) is 12.5. The number of alkyl halides is 2. The molecule has 3 aliphatic carbocycles. The molecule has 13 nitrogen and oxygen atoms in total. The smallest absolute Gasteiger partial charge is 1.00 e. The van der Waals surface area contributed by atoms with Crippen molar-refractivity contribution < 1.29 is 66.3 Å². The van der Waals surface area contributed by atoms with Gasteiger partial charge in [0.2, 0.25) is 10.5 Å². The number of Topliss-reactive ketones (excluding diaryl/α,β-unsaturated/α-hetero) is 1. The minimum atomic E-state index is -0.600. The molecule has 0 radical (unpaired) electrons. The van der Waals surface area contributed by atoms with Crippen molar-refractivity contribution in [2.45, 2.75) is 268 Å². The summed E-state index contributed by atoms with van der Waals surface area (Å²) in [6, 6.07) is 0. The van der Waals surface area contributed by atoms with E-state index in [0.29, 0.717) is 30.4 Å². The Morgan fingerprint density at radius 3 is 1.11 bits per heavy atom. The van der Waals surface area contributed by atoms with Crippen LogP contribution < -0.4 is 0 Å². The molecule has 3 saturated carbocycles. The van der Waals surface area contributed by atoms with Crippen molar-refractivity contribution in [3.05, 3.63) is 24.3 Å². The van der Waals surface area contributed by atoms with Crippen LogP contribution in [0.25, 0.3) is 0 Å². The van der Waals surface area contributed by atoms with Gasteiger partial charge in [-0.25, -0.2) is 4.79 Å². The van der Waals surface area contributed by atoms with Crippen LogP contribution in [0.2, 0.25) is 0 Å². The fourth-order valence-electron chi connectivity index (χ4n) is 7.14.